The Morgan fingerprint density at radius 1 is 1.38 bits per heavy atom. The molecule has 1 amide bonds. The number of rotatable bonds is 2. The summed E-state index contributed by atoms with van der Waals surface area (Å²) in [6, 6.07) is 5.08. The summed E-state index contributed by atoms with van der Waals surface area (Å²) in [6.07, 6.45) is 0. The Morgan fingerprint density at radius 3 is 2.38 bits per heavy atom. The summed E-state index contributed by atoms with van der Waals surface area (Å²) in [5, 5.41) is 3.52. The first-order chi connectivity index (χ1) is 6.15. The van der Waals surface area contributed by atoms with Crippen LogP contribution in [0.15, 0.2) is 18.2 Å². The normalized spacial score (nSPS) is 9.77. The van der Waals surface area contributed by atoms with Crippen LogP contribution in [0, 0.1) is 0 Å². The topological polar surface area (TPSA) is 29.1 Å². The van der Waals surface area contributed by atoms with Gasteiger partial charge in [-0.2, -0.15) is 0 Å². The van der Waals surface area contributed by atoms with Gasteiger partial charge in [0.15, 0.2) is 0 Å². The van der Waals surface area contributed by atoms with Crippen molar-refractivity contribution in [1.82, 2.24) is 0 Å². The number of anilines is 1. The third kappa shape index (κ3) is 3.00. The van der Waals surface area contributed by atoms with Gasteiger partial charge in [-0.15, -0.1) is 0 Å². The zero-order valence-electron chi connectivity index (χ0n) is 6.48. The van der Waals surface area contributed by atoms with Crippen LogP contribution in [-0.2, 0) is 4.79 Å². The van der Waals surface area contributed by atoms with Crippen LogP contribution in [-0.4, -0.2) is 10.3 Å². The van der Waals surface area contributed by atoms with Crippen LogP contribution in [0.5, 0.6) is 0 Å². The molecule has 1 aromatic carbocycles. The van der Waals surface area contributed by atoms with Crippen molar-refractivity contribution in [2.75, 3.05) is 9.74 Å². The van der Waals surface area contributed by atoms with Crippen LogP contribution in [0.25, 0.3) is 0 Å². The van der Waals surface area contributed by atoms with E-state index in [1.165, 1.54) is 0 Å². The van der Waals surface area contributed by atoms with Crippen LogP contribution < -0.4 is 5.32 Å². The van der Waals surface area contributed by atoms with Gasteiger partial charge in [0.2, 0.25) is 5.91 Å². The van der Waals surface area contributed by atoms with Crippen molar-refractivity contribution in [2.24, 2.45) is 0 Å². The van der Waals surface area contributed by atoms with Crippen molar-refractivity contribution in [3.8, 4) is 0 Å². The Hall–Kier alpha value is -0.000000000000000111. The van der Waals surface area contributed by atoms with Crippen molar-refractivity contribution in [2.45, 2.75) is 0 Å². The first-order valence-corrected chi connectivity index (χ1v) is 5.73. The van der Waals surface area contributed by atoms with Gasteiger partial charge in [0, 0.05) is 0 Å². The molecule has 0 heterocycles. The lowest BCUT2D eigenvalue weighted by Crippen LogP contribution is -2.12. The fraction of sp³-hybridized carbons (Fsp3) is 0.125. The third-order valence-corrected chi connectivity index (χ3v) is 2.67. The standard InChI is InChI=1S/C8H6Cl2INO/c9-5-2-1-3-6(10)8(5)12-7(13)4-11/h1-3H,4H2,(H,12,13). The van der Waals surface area contributed by atoms with Gasteiger partial charge in [-0.3, -0.25) is 4.79 Å². The summed E-state index contributed by atoms with van der Waals surface area (Å²) in [6.45, 7) is 0. The molecule has 0 spiro atoms. The summed E-state index contributed by atoms with van der Waals surface area (Å²) in [5.74, 6) is -0.115. The molecular formula is C8H6Cl2INO. The molecule has 0 aromatic heterocycles. The molecule has 0 atom stereocenters. The first-order valence-electron chi connectivity index (χ1n) is 3.45. The number of alkyl halides is 1. The smallest absolute Gasteiger partial charge is 0.234 e. The summed E-state index contributed by atoms with van der Waals surface area (Å²) in [4.78, 5) is 11.0. The number of hydrogen-bond acceptors (Lipinski definition) is 1. The fourth-order valence-electron chi connectivity index (χ4n) is 0.790. The van der Waals surface area contributed by atoms with Crippen molar-refractivity contribution < 1.29 is 4.79 Å². The van der Waals surface area contributed by atoms with Gasteiger partial charge in [-0.05, 0) is 12.1 Å². The molecule has 70 valence electrons. The largest absolute Gasteiger partial charge is 0.323 e. The van der Waals surface area contributed by atoms with Gasteiger partial charge in [0.1, 0.15) is 0 Å². The van der Waals surface area contributed by atoms with E-state index in [0.29, 0.717) is 20.2 Å². The van der Waals surface area contributed by atoms with Gasteiger partial charge in [-0.1, -0.05) is 51.9 Å². The van der Waals surface area contributed by atoms with Crippen molar-refractivity contribution >= 4 is 57.4 Å². The minimum Gasteiger partial charge on any atom is -0.323 e. The number of halogens is 3. The lowest BCUT2D eigenvalue weighted by molar-refractivity contribution is -0.113. The molecule has 1 N–H and O–H groups in total. The second-order valence-corrected chi connectivity index (χ2v) is 3.86. The number of carbonyl (C=O) groups excluding carboxylic acids is 1. The van der Waals surface area contributed by atoms with Crippen LogP contribution in [0.4, 0.5) is 5.69 Å². The predicted molar refractivity (Wildman–Crippen MR) is 64.0 cm³/mol. The first kappa shape index (κ1) is 11.1. The number of hydrogen-bond donors (Lipinski definition) is 1. The average Bonchev–Trinajstić information content (AvgIpc) is 2.11. The highest BCUT2D eigenvalue weighted by molar-refractivity contribution is 14.1. The summed E-state index contributed by atoms with van der Waals surface area (Å²) in [7, 11) is 0. The van der Waals surface area contributed by atoms with Crippen LogP contribution in [0.2, 0.25) is 10.0 Å². The number of benzene rings is 1. The van der Waals surface area contributed by atoms with Crippen molar-refractivity contribution in [3.05, 3.63) is 28.2 Å². The maximum absolute atomic E-state index is 11.0. The summed E-state index contributed by atoms with van der Waals surface area (Å²) < 4.78 is 0.374. The zero-order chi connectivity index (χ0) is 9.84. The van der Waals surface area contributed by atoms with Gasteiger partial charge < -0.3 is 5.32 Å². The Morgan fingerprint density at radius 2 is 1.92 bits per heavy atom. The van der Waals surface area contributed by atoms with E-state index in [2.05, 4.69) is 5.32 Å². The number of amides is 1. The minimum atomic E-state index is -0.115. The fourth-order valence-corrected chi connectivity index (χ4v) is 1.47. The number of para-hydroxylation sites is 1. The van der Waals surface area contributed by atoms with Crippen LogP contribution >= 0.6 is 45.8 Å². The molecule has 0 aliphatic heterocycles. The SMILES string of the molecule is O=C(CI)Nc1c(Cl)cccc1Cl. The molecule has 1 rings (SSSR count). The summed E-state index contributed by atoms with van der Waals surface area (Å²) >= 11 is 13.6. The maximum atomic E-state index is 11.0. The van der Waals surface area contributed by atoms with Gasteiger partial charge in [0.05, 0.1) is 20.2 Å². The molecule has 0 aliphatic rings. The molecule has 13 heavy (non-hydrogen) atoms. The molecule has 0 saturated carbocycles. The Kier molecular flexibility index (Phi) is 4.28. The lowest BCUT2D eigenvalue weighted by Gasteiger charge is -2.06. The lowest BCUT2D eigenvalue weighted by atomic mass is 10.3. The molecule has 0 bridgehead atoms. The van der Waals surface area contributed by atoms with E-state index in [9.17, 15) is 4.79 Å². The predicted octanol–water partition coefficient (Wildman–Crippen LogP) is 3.37. The van der Waals surface area contributed by atoms with E-state index >= 15 is 0 Å². The molecule has 1 aromatic rings. The van der Waals surface area contributed by atoms with Crippen LogP contribution in [0.1, 0.15) is 0 Å². The zero-order valence-corrected chi connectivity index (χ0v) is 10.2. The van der Waals surface area contributed by atoms with Crippen LogP contribution in [0.3, 0.4) is 0 Å². The quantitative estimate of drug-likeness (QED) is 0.654. The molecule has 0 unspecified atom stereocenters. The van der Waals surface area contributed by atoms with E-state index in [-0.39, 0.29) is 5.91 Å². The minimum absolute atomic E-state index is 0.115. The highest BCUT2D eigenvalue weighted by Gasteiger charge is 2.07. The van der Waals surface area contributed by atoms with E-state index < -0.39 is 0 Å². The van der Waals surface area contributed by atoms with E-state index in [0.717, 1.165) is 0 Å². The molecule has 0 saturated heterocycles. The Balaban J connectivity index is 2.93. The highest BCUT2D eigenvalue weighted by atomic mass is 127. The molecule has 0 fully saturated rings. The van der Waals surface area contributed by atoms with Gasteiger partial charge >= 0.3 is 0 Å². The van der Waals surface area contributed by atoms with Gasteiger partial charge in [-0.25, -0.2) is 0 Å². The van der Waals surface area contributed by atoms with E-state index in [1.54, 1.807) is 18.2 Å². The summed E-state index contributed by atoms with van der Waals surface area (Å²) in [5.41, 5.74) is 0.479. The molecule has 2 nitrogen and oxygen atoms in total. The van der Waals surface area contributed by atoms with Gasteiger partial charge in [0.25, 0.3) is 0 Å². The Labute approximate surface area is 99.7 Å². The molecule has 5 heteroatoms. The van der Waals surface area contributed by atoms with Crippen molar-refractivity contribution in [3.63, 3.8) is 0 Å². The molecule has 0 aliphatic carbocycles. The molecular weight excluding hydrogens is 324 g/mol. The maximum Gasteiger partial charge on any atom is 0.234 e. The molecule has 0 radical (unpaired) electrons. The average molecular weight is 330 g/mol. The van der Waals surface area contributed by atoms with Crippen molar-refractivity contribution in [1.29, 1.82) is 0 Å². The third-order valence-electron chi connectivity index (χ3n) is 1.35. The second kappa shape index (κ2) is 5.02. The van der Waals surface area contributed by atoms with E-state index in [4.69, 9.17) is 23.2 Å². The Bertz CT molecular complexity index is 310. The highest BCUT2D eigenvalue weighted by Crippen LogP contribution is 2.29. The number of carbonyl (C=O) groups is 1. The number of nitrogens with one attached hydrogen (secondary N) is 1. The van der Waals surface area contributed by atoms with E-state index in [1.807, 2.05) is 22.6 Å². The second-order valence-electron chi connectivity index (χ2n) is 2.28. The monoisotopic (exact) mass is 329 g/mol.